The molecule has 1 aromatic heterocycles. The molecule has 19 heavy (non-hydrogen) atoms. The summed E-state index contributed by atoms with van der Waals surface area (Å²) in [6.45, 7) is 1.60. The summed E-state index contributed by atoms with van der Waals surface area (Å²) in [5, 5.41) is 10.6. The third-order valence-corrected chi connectivity index (χ3v) is 4.50. The zero-order valence-corrected chi connectivity index (χ0v) is 13.0. The molecule has 0 saturated carbocycles. The lowest BCUT2D eigenvalue weighted by molar-refractivity contribution is 0.0518. The Bertz CT molecular complexity index is 581. The predicted molar refractivity (Wildman–Crippen MR) is 78.2 cm³/mol. The minimum atomic E-state index is -1.32. The average molecular weight is 345 g/mol. The third kappa shape index (κ3) is 3.16. The fourth-order valence-corrected chi connectivity index (χ4v) is 3.70. The standard InChI is InChI=1S/C14H14BrFO2S/c1-14(17,8-9-6-7-12(15)19-9)13-10(16)4-3-5-11(13)18-2/h3-7,17H,8H2,1-2H3. The molecule has 2 nitrogen and oxygen atoms in total. The van der Waals surface area contributed by atoms with Gasteiger partial charge < -0.3 is 9.84 Å². The Morgan fingerprint density at radius 3 is 2.68 bits per heavy atom. The highest BCUT2D eigenvalue weighted by Crippen LogP contribution is 2.36. The number of benzene rings is 1. The third-order valence-electron chi connectivity index (χ3n) is 2.88. The largest absolute Gasteiger partial charge is 0.496 e. The summed E-state index contributed by atoms with van der Waals surface area (Å²) in [7, 11) is 1.47. The van der Waals surface area contributed by atoms with Crippen molar-refractivity contribution in [3.8, 4) is 5.75 Å². The van der Waals surface area contributed by atoms with Gasteiger partial charge in [-0.25, -0.2) is 4.39 Å². The summed E-state index contributed by atoms with van der Waals surface area (Å²) in [5.74, 6) is -0.0967. The topological polar surface area (TPSA) is 29.5 Å². The van der Waals surface area contributed by atoms with E-state index in [-0.39, 0.29) is 5.56 Å². The zero-order chi connectivity index (χ0) is 14.0. The molecular formula is C14H14BrFO2S. The first kappa shape index (κ1) is 14.5. The van der Waals surface area contributed by atoms with Crippen LogP contribution in [-0.4, -0.2) is 12.2 Å². The highest BCUT2D eigenvalue weighted by molar-refractivity contribution is 9.11. The maximum atomic E-state index is 14.0. The molecule has 0 bridgehead atoms. The molecule has 1 heterocycles. The minimum Gasteiger partial charge on any atom is -0.496 e. The van der Waals surface area contributed by atoms with Gasteiger partial charge >= 0.3 is 0 Å². The number of hydrogen-bond acceptors (Lipinski definition) is 3. The average Bonchev–Trinajstić information content (AvgIpc) is 2.73. The molecule has 5 heteroatoms. The van der Waals surface area contributed by atoms with Crippen LogP contribution in [0.25, 0.3) is 0 Å². The van der Waals surface area contributed by atoms with Crippen LogP contribution in [0, 0.1) is 5.82 Å². The van der Waals surface area contributed by atoms with Crippen molar-refractivity contribution in [3.05, 3.63) is 50.4 Å². The molecule has 1 atom stereocenters. The van der Waals surface area contributed by atoms with Crippen molar-refractivity contribution in [1.82, 2.24) is 0 Å². The van der Waals surface area contributed by atoms with Gasteiger partial charge in [-0.05, 0) is 47.1 Å². The van der Waals surface area contributed by atoms with E-state index in [2.05, 4.69) is 15.9 Å². The molecule has 0 aliphatic carbocycles. The Labute approximate surface area is 124 Å². The number of rotatable bonds is 4. The Balaban J connectivity index is 2.38. The Morgan fingerprint density at radius 1 is 1.37 bits per heavy atom. The molecule has 0 aliphatic heterocycles. The second-order valence-electron chi connectivity index (χ2n) is 4.47. The van der Waals surface area contributed by atoms with Crippen molar-refractivity contribution in [3.63, 3.8) is 0 Å². The SMILES string of the molecule is COc1cccc(F)c1C(C)(O)Cc1ccc(Br)s1. The number of thiophene rings is 1. The first-order chi connectivity index (χ1) is 8.94. The van der Waals surface area contributed by atoms with E-state index < -0.39 is 11.4 Å². The van der Waals surface area contributed by atoms with E-state index in [1.165, 1.54) is 24.5 Å². The van der Waals surface area contributed by atoms with E-state index in [1.807, 2.05) is 12.1 Å². The smallest absolute Gasteiger partial charge is 0.133 e. The van der Waals surface area contributed by atoms with Crippen LogP contribution in [0.4, 0.5) is 4.39 Å². The molecule has 1 unspecified atom stereocenters. The van der Waals surface area contributed by atoms with Crippen molar-refractivity contribution in [1.29, 1.82) is 0 Å². The molecule has 1 N–H and O–H groups in total. The first-order valence-corrected chi connectivity index (χ1v) is 7.34. The van der Waals surface area contributed by atoms with Crippen LogP contribution < -0.4 is 4.74 Å². The van der Waals surface area contributed by atoms with Crippen LogP contribution >= 0.6 is 27.3 Å². The van der Waals surface area contributed by atoms with E-state index >= 15 is 0 Å². The van der Waals surface area contributed by atoms with Gasteiger partial charge in [-0.3, -0.25) is 0 Å². The number of hydrogen-bond donors (Lipinski definition) is 1. The molecule has 0 saturated heterocycles. The van der Waals surface area contributed by atoms with Gasteiger partial charge in [-0.1, -0.05) is 6.07 Å². The molecule has 0 spiro atoms. The van der Waals surface area contributed by atoms with Crippen LogP contribution in [0.15, 0.2) is 34.1 Å². The lowest BCUT2D eigenvalue weighted by Crippen LogP contribution is -2.26. The van der Waals surface area contributed by atoms with Crippen molar-refractivity contribution >= 4 is 27.3 Å². The zero-order valence-electron chi connectivity index (χ0n) is 10.6. The molecule has 2 rings (SSSR count). The molecule has 0 fully saturated rings. The van der Waals surface area contributed by atoms with E-state index in [0.29, 0.717) is 12.2 Å². The van der Waals surface area contributed by atoms with E-state index in [0.717, 1.165) is 8.66 Å². The number of halogens is 2. The van der Waals surface area contributed by atoms with Gasteiger partial charge in [0.1, 0.15) is 11.6 Å². The highest BCUT2D eigenvalue weighted by atomic mass is 79.9. The van der Waals surface area contributed by atoms with Crippen LogP contribution in [0.1, 0.15) is 17.4 Å². The number of ether oxygens (including phenoxy) is 1. The van der Waals surface area contributed by atoms with Gasteiger partial charge in [0.25, 0.3) is 0 Å². The molecule has 0 amide bonds. The molecule has 2 aromatic rings. The first-order valence-electron chi connectivity index (χ1n) is 5.73. The number of methoxy groups -OCH3 is 1. The van der Waals surface area contributed by atoms with E-state index in [1.54, 1.807) is 19.1 Å². The Hall–Kier alpha value is -0.910. The monoisotopic (exact) mass is 344 g/mol. The van der Waals surface area contributed by atoms with Crippen LogP contribution in [0.2, 0.25) is 0 Å². The summed E-state index contributed by atoms with van der Waals surface area (Å²) in [5.41, 5.74) is -1.12. The minimum absolute atomic E-state index is 0.196. The van der Waals surface area contributed by atoms with E-state index in [4.69, 9.17) is 4.74 Å². The van der Waals surface area contributed by atoms with Crippen molar-refractivity contribution in [2.24, 2.45) is 0 Å². The summed E-state index contributed by atoms with van der Waals surface area (Å²) >= 11 is 4.90. The maximum absolute atomic E-state index is 14.0. The second-order valence-corrected chi connectivity index (χ2v) is 7.02. The highest BCUT2D eigenvalue weighted by Gasteiger charge is 2.31. The van der Waals surface area contributed by atoms with Crippen molar-refractivity contribution in [2.45, 2.75) is 18.9 Å². The van der Waals surface area contributed by atoms with Gasteiger partial charge in [0, 0.05) is 11.3 Å². The van der Waals surface area contributed by atoms with E-state index in [9.17, 15) is 9.50 Å². The van der Waals surface area contributed by atoms with Crippen molar-refractivity contribution in [2.75, 3.05) is 7.11 Å². The van der Waals surface area contributed by atoms with Gasteiger partial charge in [0.2, 0.25) is 0 Å². The van der Waals surface area contributed by atoms with Gasteiger partial charge in [0.05, 0.1) is 22.1 Å². The van der Waals surface area contributed by atoms with Crippen molar-refractivity contribution < 1.29 is 14.2 Å². The fraction of sp³-hybridized carbons (Fsp3) is 0.286. The Morgan fingerprint density at radius 2 is 2.11 bits per heavy atom. The number of aliphatic hydroxyl groups is 1. The molecule has 0 radical (unpaired) electrons. The van der Waals surface area contributed by atoms with Crippen LogP contribution in [-0.2, 0) is 12.0 Å². The van der Waals surface area contributed by atoms with Gasteiger partial charge in [-0.15, -0.1) is 11.3 Å². The summed E-state index contributed by atoms with van der Waals surface area (Å²) in [6.07, 6.45) is 0.334. The molecule has 102 valence electrons. The van der Waals surface area contributed by atoms with Crippen LogP contribution in [0.5, 0.6) is 5.75 Å². The van der Waals surface area contributed by atoms with Gasteiger partial charge in [-0.2, -0.15) is 0 Å². The second kappa shape index (κ2) is 5.61. The molecule has 1 aromatic carbocycles. The lowest BCUT2D eigenvalue weighted by atomic mass is 9.90. The molecule has 0 aliphatic rings. The maximum Gasteiger partial charge on any atom is 0.133 e. The van der Waals surface area contributed by atoms with Crippen LogP contribution in [0.3, 0.4) is 0 Å². The predicted octanol–water partition coefficient (Wildman–Crippen LogP) is 4.11. The van der Waals surface area contributed by atoms with Gasteiger partial charge in [0.15, 0.2) is 0 Å². The Kier molecular flexibility index (Phi) is 4.28. The molecular weight excluding hydrogens is 331 g/mol. The summed E-state index contributed by atoms with van der Waals surface area (Å²) < 4.78 is 20.1. The summed E-state index contributed by atoms with van der Waals surface area (Å²) in [4.78, 5) is 0.974. The lowest BCUT2D eigenvalue weighted by Gasteiger charge is -2.25. The summed E-state index contributed by atoms with van der Waals surface area (Å²) in [6, 6.07) is 8.37. The normalized spacial score (nSPS) is 14.2. The fourth-order valence-electron chi connectivity index (χ4n) is 2.07. The quantitative estimate of drug-likeness (QED) is 0.904.